The van der Waals surface area contributed by atoms with Crippen molar-refractivity contribution in [3.8, 4) is 11.5 Å². The maximum Gasteiger partial charge on any atom is 0.269 e. The number of methoxy groups -OCH3 is 1. The molecule has 1 N–H and O–H groups in total. The first-order valence-corrected chi connectivity index (χ1v) is 9.45. The van der Waals surface area contributed by atoms with E-state index in [1.54, 1.807) is 19.2 Å². The average molecular weight is 392 g/mol. The smallest absolute Gasteiger partial charge is 0.269 e. The number of anilines is 1. The van der Waals surface area contributed by atoms with Gasteiger partial charge in [-0.05, 0) is 59.5 Å². The molecular formula is C23H24N2O4. The predicted molar refractivity (Wildman–Crippen MR) is 114 cm³/mol. The van der Waals surface area contributed by atoms with Crippen LogP contribution >= 0.6 is 0 Å². The molecule has 0 unspecified atom stereocenters. The lowest BCUT2D eigenvalue weighted by molar-refractivity contribution is -0.384. The molecule has 0 saturated carbocycles. The minimum atomic E-state index is -0.418. The molecule has 6 heteroatoms. The molecule has 29 heavy (non-hydrogen) atoms. The summed E-state index contributed by atoms with van der Waals surface area (Å²) in [5.74, 6) is 1.27. The molecule has 0 amide bonds. The highest BCUT2D eigenvalue weighted by molar-refractivity contribution is 5.47. The number of benzene rings is 3. The molecule has 6 nitrogen and oxygen atoms in total. The van der Waals surface area contributed by atoms with Crippen LogP contribution in [-0.2, 0) is 19.6 Å². The second-order valence-electron chi connectivity index (χ2n) is 6.60. The first-order chi connectivity index (χ1) is 14.1. The fraction of sp³-hybridized carbons (Fsp3) is 0.217. The van der Waals surface area contributed by atoms with Crippen LogP contribution in [0.15, 0.2) is 66.7 Å². The van der Waals surface area contributed by atoms with Gasteiger partial charge in [0.05, 0.1) is 12.0 Å². The van der Waals surface area contributed by atoms with Gasteiger partial charge >= 0.3 is 0 Å². The molecular weight excluding hydrogens is 368 g/mol. The highest BCUT2D eigenvalue weighted by atomic mass is 16.6. The second-order valence-corrected chi connectivity index (χ2v) is 6.60. The van der Waals surface area contributed by atoms with Gasteiger partial charge in [0.2, 0.25) is 0 Å². The number of nitrogens with zero attached hydrogens (tertiary/aromatic N) is 1. The van der Waals surface area contributed by atoms with Crippen molar-refractivity contribution in [2.45, 2.75) is 26.5 Å². The quantitative estimate of drug-likeness (QED) is 0.392. The molecule has 0 saturated heterocycles. The number of ether oxygens (including phenoxy) is 2. The molecule has 3 rings (SSSR count). The Kier molecular flexibility index (Phi) is 6.68. The second kappa shape index (κ2) is 9.59. The summed E-state index contributed by atoms with van der Waals surface area (Å²) in [6.45, 7) is 3.11. The fourth-order valence-corrected chi connectivity index (χ4v) is 2.88. The van der Waals surface area contributed by atoms with Gasteiger partial charge in [-0.2, -0.15) is 0 Å². The topological polar surface area (TPSA) is 73.6 Å². The van der Waals surface area contributed by atoms with E-state index in [1.807, 2.05) is 18.2 Å². The van der Waals surface area contributed by atoms with Gasteiger partial charge < -0.3 is 14.8 Å². The Morgan fingerprint density at radius 1 is 0.897 bits per heavy atom. The van der Waals surface area contributed by atoms with Crippen molar-refractivity contribution in [1.29, 1.82) is 0 Å². The minimum Gasteiger partial charge on any atom is -0.493 e. The van der Waals surface area contributed by atoms with E-state index >= 15 is 0 Å². The highest BCUT2D eigenvalue weighted by Gasteiger charge is 2.08. The van der Waals surface area contributed by atoms with Crippen LogP contribution in [-0.4, -0.2) is 12.0 Å². The van der Waals surface area contributed by atoms with Gasteiger partial charge in [-0.3, -0.25) is 10.1 Å². The van der Waals surface area contributed by atoms with Crippen LogP contribution in [0.1, 0.15) is 23.6 Å². The van der Waals surface area contributed by atoms with Crippen molar-refractivity contribution in [2.75, 3.05) is 12.4 Å². The van der Waals surface area contributed by atoms with E-state index in [4.69, 9.17) is 9.47 Å². The Balaban J connectivity index is 1.60. The Hall–Kier alpha value is -3.54. The Bertz CT molecular complexity index is 954. The van der Waals surface area contributed by atoms with Crippen LogP contribution in [0.5, 0.6) is 11.5 Å². The molecule has 0 spiro atoms. The monoisotopic (exact) mass is 392 g/mol. The third-order valence-corrected chi connectivity index (χ3v) is 4.63. The van der Waals surface area contributed by atoms with Gasteiger partial charge in [0, 0.05) is 24.4 Å². The summed E-state index contributed by atoms with van der Waals surface area (Å²) in [6.07, 6.45) is 1.03. The van der Waals surface area contributed by atoms with Crippen LogP contribution in [0.3, 0.4) is 0 Å². The van der Waals surface area contributed by atoms with Crippen LogP contribution in [0.2, 0.25) is 0 Å². The van der Waals surface area contributed by atoms with Crippen LogP contribution in [0.25, 0.3) is 0 Å². The highest BCUT2D eigenvalue weighted by Crippen LogP contribution is 2.29. The van der Waals surface area contributed by atoms with Crippen molar-refractivity contribution in [3.63, 3.8) is 0 Å². The van der Waals surface area contributed by atoms with E-state index in [2.05, 4.69) is 36.5 Å². The first-order valence-electron chi connectivity index (χ1n) is 9.45. The van der Waals surface area contributed by atoms with Crippen molar-refractivity contribution in [3.05, 3.63) is 93.5 Å². The molecule has 0 aliphatic heterocycles. The number of hydrogen-bond acceptors (Lipinski definition) is 5. The zero-order valence-corrected chi connectivity index (χ0v) is 16.6. The van der Waals surface area contributed by atoms with E-state index in [-0.39, 0.29) is 5.69 Å². The van der Waals surface area contributed by atoms with Crippen LogP contribution < -0.4 is 14.8 Å². The lowest BCUT2D eigenvalue weighted by atomic mass is 10.1. The van der Waals surface area contributed by atoms with Crippen LogP contribution in [0, 0.1) is 10.1 Å². The number of rotatable bonds is 9. The van der Waals surface area contributed by atoms with Gasteiger partial charge in [0.25, 0.3) is 5.69 Å². The first kappa shape index (κ1) is 20.2. The van der Waals surface area contributed by atoms with Crippen molar-refractivity contribution >= 4 is 11.4 Å². The third-order valence-electron chi connectivity index (χ3n) is 4.63. The zero-order valence-electron chi connectivity index (χ0n) is 16.6. The summed E-state index contributed by atoms with van der Waals surface area (Å²) >= 11 is 0. The molecule has 0 aliphatic rings. The maximum absolute atomic E-state index is 10.7. The van der Waals surface area contributed by atoms with Gasteiger partial charge in [0.1, 0.15) is 6.61 Å². The molecule has 0 atom stereocenters. The summed E-state index contributed by atoms with van der Waals surface area (Å²) in [5.41, 5.74) is 4.36. The predicted octanol–water partition coefficient (Wildman–Crippen LogP) is 5.36. The zero-order chi connectivity index (χ0) is 20.6. The van der Waals surface area contributed by atoms with Gasteiger partial charge in [0.15, 0.2) is 11.5 Å². The Morgan fingerprint density at radius 2 is 1.55 bits per heavy atom. The summed E-state index contributed by atoms with van der Waals surface area (Å²) in [6, 6.07) is 20.5. The third kappa shape index (κ3) is 5.48. The molecule has 0 radical (unpaired) electrons. The normalized spacial score (nSPS) is 10.4. The van der Waals surface area contributed by atoms with Gasteiger partial charge in [-0.1, -0.05) is 25.1 Å². The molecule has 0 aliphatic carbocycles. The molecule has 0 bridgehead atoms. The number of aryl methyl sites for hydroxylation is 1. The van der Waals surface area contributed by atoms with E-state index in [0.717, 1.165) is 23.2 Å². The van der Waals surface area contributed by atoms with E-state index in [1.165, 1.54) is 17.7 Å². The minimum absolute atomic E-state index is 0.0625. The van der Waals surface area contributed by atoms with Crippen molar-refractivity contribution < 1.29 is 14.4 Å². The fourth-order valence-electron chi connectivity index (χ4n) is 2.88. The molecule has 150 valence electrons. The lowest BCUT2D eigenvalue weighted by Gasteiger charge is -2.13. The molecule has 0 aromatic heterocycles. The lowest BCUT2D eigenvalue weighted by Crippen LogP contribution is -2.02. The summed E-state index contributed by atoms with van der Waals surface area (Å²) in [4.78, 5) is 10.3. The van der Waals surface area contributed by atoms with E-state index < -0.39 is 4.92 Å². The Labute approximate surface area is 170 Å². The van der Waals surface area contributed by atoms with Gasteiger partial charge in [-0.15, -0.1) is 0 Å². The average Bonchev–Trinajstić information content (AvgIpc) is 2.77. The standard InChI is InChI=1S/C23H24N2O4/c1-3-17-4-9-20(10-5-17)24-15-19-8-13-22(23(14-19)28-2)29-16-18-6-11-21(12-7-18)25(26)27/h4-14,24H,3,15-16H2,1-2H3. The number of nitro benzene ring substituents is 1. The summed E-state index contributed by atoms with van der Waals surface area (Å²) < 4.78 is 11.3. The van der Waals surface area contributed by atoms with Crippen molar-refractivity contribution in [2.24, 2.45) is 0 Å². The summed E-state index contributed by atoms with van der Waals surface area (Å²) in [7, 11) is 1.61. The number of nitro groups is 1. The number of nitrogens with one attached hydrogen (secondary N) is 1. The number of hydrogen-bond donors (Lipinski definition) is 1. The largest absolute Gasteiger partial charge is 0.493 e. The van der Waals surface area contributed by atoms with Crippen molar-refractivity contribution in [1.82, 2.24) is 0 Å². The molecule has 3 aromatic carbocycles. The summed E-state index contributed by atoms with van der Waals surface area (Å²) in [5, 5.41) is 14.1. The van der Waals surface area contributed by atoms with Crippen LogP contribution in [0.4, 0.5) is 11.4 Å². The SMILES string of the molecule is CCc1ccc(NCc2ccc(OCc3ccc([N+](=O)[O-])cc3)c(OC)c2)cc1. The van der Waals surface area contributed by atoms with E-state index in [9.17, 15) is 10.1 Å². The molecule has 0 heterocycles. The van der Waals surface area contributed by atoms with Gasteiger partial charge in [-0.25, -0.2) is 0 Å². The maximum atomic E-state index is 10.7. The Morgan fingerprint density at radius 3 is 2.17 bits per heavy atom. The molecule has 3 aromatic rings. The molecule has 0 fully saturated rings. The number of non-ortho nitro benzene ring substituents is 1. The van der Waals surface area contributed by atoms with E-state index in [0.29, 0.717) is 24.7 Å².